The first-order valence-corrected chi connectivity index (χ1v) is 11.6. The molecule has 1 aliphatic carbocycles. The van der Waals surface area contributed by atoms with Crippen molar-refractivity contribution in [2.24, 2.45) is 5.92 Å². The third kappa shape index (κ3) is 5.00. The lowest BCUT2D eigenvalue weighted by molar-refractivity contribution is -0.140. The Morgan fingerprint density at radius 2 is 1.94 bits per heavy atom. The van der Waals surface area contributed by atoms with E-state index >= 15 is 0 Å². The van der Waals surface area contributed by atoms with Crippen LogP contribution < -0.4 is 10.9 Å². The number of piperazine rings is 1. The van der Waals surface area contributed by atoms with Gasteiger partial charge in [0.1, 0.15) is 11.4 Å². The van der Waals surface area contributed by atoms with Crippen LogP contribution in [0.4, 0.5) is 10.1 Å². The number of nitrogens with zero attached hydrogens (tertiary/aromatic N) is 2. The number of nitrogens with one attached hydrogen (secondary N) is 2. The van der Waals surface area contributed by atoms with Gasteiger partial charge in [0.2, 0.25) is 5.91 Å². The fourth-order valence-electron chi connectivity index (χ4n) is 4.98. The predicted molar refractivity (Wildman–Crippen MR) is 125 cm³/mol. The van der Waals surface area contributed by atoms with Crippen LogP contribution >= 0.6 is 0 Å². The maximum atomic E-state index is 14.8. The first-order chi connectivity index (χ1) is 15.8. The average molecular weight is 455 g/mol. The lowest BCUT2D eigenvalue weighted by atomic mass is 10.0. The molecule has 0 radical (unpaired) electrons. The summed E-state index contributed by atoms with van der Waals surface area (Å²) in [4.78, 5) is 43.9. The Morgan fingerprint density at radius 1 is 1.18 bits per heavy atom. The highest BCUT2D eigenvalue weighted by Crippen LogP contribution is 2.29. The van der Waals surface area contributed by atoms with Crippen molar-refractivity contribution in [2.75, 3.05) is 25.0 Å². The van der Waals surface area contributed by atoms with E-state index < -0.39 is 11.5 Å². The standard InChI is InChI=1S/C25H31FN4O3/c1-16-14-29(12-13-30(16)25(33)18-6-3-4-7-18)15-20-17(2)22(10-9-21(20)26)28-24(32)19-8-5-11-27-23(19)31/h5,8-11,16,18H,3-4,6-7,12-15H2,1-2H3,(H,27,31)(H,28,32). The van der Waals surface area contributed by atoms with Crippen molar-refractivity contribution in [3.05, 3.63) is 63.3 Å². The molecule has 2 heterocycles. The number of pyridine rings is 1. The molecule has 1 saturated heterocycles. The van der Waals surface area contributed by atoms with Gasteiger partial charge in [0.15, 0.2) is 0 Å². The molecule has 1 aromatic heterocycles. The van der Waals surface area contributed by atoms with Crippen LogP contribution in [-0.2, 0) is 11.3 Å². The first-order valence-electron chi connectivity index (χ1n) is 11.6. The van der Waals surface area contributed by atoms with Gasteiger partial charge in [-0.1, -0.05) is 12.8 Å². The van der Waals surface area contributed by atoms with Gasteiger partial charge in [-0.3, -0.25) is 19.3 Å². The van der Waals surface area contributed by atoms with E-state index in [1.165, 1.54) is 24.4 Å². The third-order valence-corrected chi connectivity index (χ3v) is 6.93. The molecule has 8 heteroatoms. The summed E-state index contributed by atoms with van der Waals surface area (Å²) in [7, 11) is 0. The van der Waals surface area contributed by atoms with Gasteiger partial charge in [0.25, 0.3) is 11.5 Å². The number of hydrogen-bond acceptors (Lipinski definition) is 4. The van der Waals surface area contributed by atoms with Gasteiger partial charge >= 0.3 is 0 Å². The number of amides is 2. The van der Waals surface area contributed by atoms with E-state index in [-0.39, 0.29) is 29.2 Å². The average Bonchev–Trinajstić information content (AvgIpc) is 3.33. The number of hydrogen-bond donors (Lipinski definition) is 2. The summed E-state index contributed by atoms with van der Waals surface area (Å²) in [5, 5.41) is 2.74. The van der Waals surface area contributed by atoms with Crippen LogP contribution in [0.5, 0.6) is 0 Å². The van der Waals surface area contributed by atoms with Crippen molar-refractivity contribution >= 4 is 17.5 Å². The quantitative estimate of drug-likeness (QED) is 0.726. The number of aromatic amines is 1. The number of aromatic nitrogens is 1. The molecule has 2 aliphatic rings. The topological polar surface area (TPSA) is 85.5 Å². The Kier molecular flexibility index (Phi) is 6.93. The van der Waals surface area contributed by atoms with Crippen molar-refractivity contribution < 1.29 is 14.0 Å². The smallest absolute Gasteiger partial charge is 0.261 e. The molecular weight excluding hydrogens is 423 g/mol. The fourth-order valence-corrected chi connectivity index (χ4v) is 4.98. The molecule has 7 nitrogen and oxygen atoms in total. The third-order valence-electron chi connectivity index (χ3n) is 6.93. The molecule has 1 aliphatic heterocycles. The Balaban J connectivity index is 1.44. The molecule has 1 atom stereocenters. The summed E-state index contributed by atoms with van der Waals surface area (Å²) in [5.41, 5.74) is 1.14. The van der Waals surface area contributed by atoms with Crippen molar-refractivity contribution in [1.29, 1.82) is 0 Å². The molecule has 2 fully saturated rings. The largest absolute Gasteiger partial charge is 0.337 e. The first kappa shape index (κ1) is 23.2. The van der Waals surface area contributed by atoms with E-state index in [1.54, 1.807) is 13.0 Å². The van der Waals surface area contributed by atoms with Crippen LogP contribution in [0.2, 0.25) is 0 Å². The van der Waals surface area contributed by atoms with Crippen LogP contribution in [0, 0.1) is 18.7 Å². The monoisotopic (exact) mass is 454 g/mol. The molecule has 2 aromatic rings. The Hall–Kier alpha value is -3.00. The number of benzene rings is 1. The number of carbonyl (C=O) groups excluding carboxylic acids is 2. The van der Waals surface area contributed by atoms with Crippen LogP contribution in [0.3, 0.4) is 0 Å². The minimum absolute atomic E-state index is 0.000323. The fraction of sp³-hybridized carbons (Fsp3) is 0.480. The van der Waals surface area contributed by atoms with Gasteiger partial charge in [-0.15, -0.1) is 0 Å². The second kappa shape index (κ2) is 9.87. The minimum atomic E-state index is -0.537. The number of carbonyl (C=O) groups is 2. The molecule has 33 heavy (non-hydrogen) atoms. The van der Waals surface area contributed by atoms with E-state index in [0.717, 1.165) is 25.7 Å². The molecule has 0 bridgehead atoms. The number of halogens is 1. The lowest BCUT2D eigenvalue weighted by Crippen LogP contribution is -2.54. The zero-order valence-corrected chi connectivity index (χ0v) is 19.2. The van der Waals surface area contributed by atoms with E-state index in [9.17, 15) is 18.8 Å². The van der Waals surface area contributed by atoms with Crippen molar-refractivity contribution in [2.45, 2.75) is 52.1 Å². The second-order valence-electron chi connectivity index (χ2n) is 9.16. The Morgan fingerprint density at radius 3 is 2.64 bits per heavy atom. The highest BCUT2D eigenvalue weighted by Gasteiger charge is 2.33. The zero-order valence-electron chi connectivity index (χ0n) is 19.2. The number of rotatable bonds is 5. The van der Waals surface area contributed by atoms with Gasteiger partial charge in [-0.05, 0) is 56.5 Å². The SMILES string of the molecule is Cc1c(NC(=O)c2ccc[nH]c2=O)ccc(F)c1CN1CCN(C(=O)C2CCCC2)C(C)C1. The van der Waals surface area contributed by atoms with Crippen LogP contribution in [0.15, 0.2) is 35.3 Å². The number of anilines is 1. The Bertz CT molecular complexity index is 1090. The van der Waals surface area contributed by atoms with Gasteiger partial charge < -0.3 is 15.2 Å². The van der Waals surface area contributed by atoms with Crippen LogP contribution in [0.1, 0.15) is 54.1 Å². The van der Waals surface area contributed by atoms with E-state index in [0.29, 0.717) is 43.0 Å². The minimum Gasteiger partial charge on any atom is -0.337 e. The maximum Gasteiger partial charge on any atom is 0.261 e. The van der Waals surface area contributed by atoms with Crippen molar-refractivity contribution in [3.63, 3.8) is 0 Å². The van der Waals surface area contributed by atoms with Gasteiger partial charge in [-0.2, -0.15) is 0 Å². The molecule has 2 amide bonds. The summed E-state index contributed by atoms with van der Waals surface area (Å²) in [5.74, 6) is -0.441. The van der Waals surface area contributed by atoms with Gasteiger partial charge in [0.05, 0.1) is 0 Å². The molecule has 1 aromatic carbocycles. The molecule has 1 unspecified atom stereocenters. The van der Waals surface area contributed by atoms with E-state index in [2.05, 4.69) is 22.1 Å². The normalized spacial score (nSPS) is 19.6. The predicted octanol–water partition coefficient (Wildman–Crippen LogP) is 3.30. The van der Waals surface area contributed by atoms with Gasteiger partial charge in [-0.25, -0.2) is 4.39 Å². The molecule has 176 valence electrons. The van der Waals surface area contributed by atoms with Crippen molar-refractivity contribution in [3.8, 4) is 0 Å². The van der Waals surface area contributed by atoms with E-state index in [1.807, 2.05) is 4.90 Å². The van der Waals surface area contributed by atoms with E-state index in [4.69, 9.17) is 0 Å². The second-order valence-corrected chi connectivity index (χ2v) is 9.16. The highest BCUT2D eigenvalue weighted by molar-refractivity contribution is 6.04. The molecule has 4 rings (SSSR count). The highest BCUT2D eigenvalue weighted by atomic mass is 19.1. The summed E-state index contributed by atoms with van der Waals surface area (Å²) in [6.07, 6.45) is 5.71. The summed E-state index contributed by atoms with van der Waals surface area (Å²) >= 11 is 0. The number of H-pyrrole nitrogens is 1. The molecular formula is C25H31FN4O3. The lowest BCUT2D eigenvalue weighted by Gasteiger charge is -2.41. The summed E-state index contributed by atoms with van der Waals surface area (Å²) in [6, 6.07) is 5.96. The maximum absolute atomic E-state index is 14.8. The van der Waals surface area contributed by atoms with Gasteiger partial charge in [0, 0.05) is 55.6 Å². The summed E-state index contributed by atoms with van der Waals surface area (Å²) < 4.78 is 14.8. The molecule has 1 saturated carbocycles. The van der Waals surface area contributed by atoms with Crippen molar-refractivity contribution in [1.82, 2.24) is 14.8 Å². The zero-order chi connectivity index (χ0) is 23.5. The van der Waals surface area contributed by atoms with Crippen LogP contribution in [-0.4, -0.2) is 52.3 Å². The molecule has 2 N–H and O–H groups in total. The summed E-state index contributed by atoms with van der Waals surface area (Å²) in [6.45, 7) is 6.21. The molecule has 0 spiro atoms. The van der Waals surface area contributed by atoms with Crippen LogP contribution in [0.25, 0.3) is 0 Å². The Labute approximate surface area is 193 Å².